The van der Waals surface area contributed by atoms with Gasteiger partial charge < -0.3 is 4.74 Å². The summed E-state index contributed by atoms with van der Waals surface area (Å²) in [7, 11) is -3.62. The predicted molar refractivity (Wildman–Crippen MR) is 113 cm³/mol. The van der Waals surface area contributed by atoms with E-state index in [4.69, 9.17) is 4.74 Å². The van der Waals surface area contributed by atoms with Crippen LogP contribution in [0.3, 0.4) is 0 Å². The second kappa shape index (κ2) is 10.0. The quantitative estimate of drug-likeness (QED) is 0.316. The van der Waals surface area contributed by atoms with Crippen molar-refractivity contribution >= 4 is 38.6 Å². The molecule has 0 aliphatic rings. The molecule has 1 rings (SSSR count). The highest BCUT2D eigenvalue weighted by Gasteiger charge is 2.29. The number of ether oxygens (including phenoxy) is 1. The molecule has 0 heterocycles. The van der Waals surface area contributed by atoms with Crippen LogP contribution in [-0.2, 0) is 19.6 Å². The van der Waals surface area contributed by atoms with Crippen LogP contribution in [0.5, 0.6) is 0 Å². The van der Waals surface area contributed by atoms with Gasteiger partial charge in [0.1, 0.15) is 5.60 Å². The molecule has 0 radical (unpaired) electrons. The van der Waals surface area contributed by atoms with Crippen LogP contribution in [0.1, 0.15) is 52.5 Å². The van der Waals surface area contributed by atoms with Gasteiger partial charge in [-0.15, -0.1) is 0 Å². The van der Waals surface area contributed by atoms with Crippen LogP contribution in [0.25, 0.3) is 0 Å². The largest absolute Gasteiger partial charge is 0.460 e. The third-order valence-corrected chi connectivity index (χ3v) is 6.39. The second-order valence-corrected chi connectivity index (χ2v) is 10.1. The fraction of sp³-hybridized carbons (Fsp3) is 0.632. The number of sulfonamides is 1. The molecule has 1 aromatic rings. The molecule has 0 unspecified atom stereocenters. The second-order valence-electron chi connectivity index (χ2n) is 7.54. The molecule has 0 bridgehead atoms. The van der Waals surface area contributed by atoms with Crippen molar-refractivity contribution < 1.29 is 17.9 Å². The van der Waals surface area contributed by atoms with Crippen LogP contribution >= 0.6 is 22.6 Å². The number of carbonyl (C=O) groups is 1. The third kappa shape index (κ3) is 7.92. The summed E-state index contributed by atoms with van der Waals surface area (Å²) >= 11 is 2.15. The molecule has 1 aromatic carbocycles. The normalized spacial score (nSPS) is 14.7. The highest BCUT2D eigenvalue weighted by Crippen LogP contribution is 2.21. The van der Waals surface area contributed by atoms with E-state index in [2.05, 4.69) is 27.3 Å². The molecule has 1 N–H and O–H groups in total. The van der Waals surface area contributed by atoms with E-state index in [1.165, 1.54) is 0 Å². The number of hydrogen-bond donors (Lipinski definition) is 1. The van der Waals surface area contributed by atoms with Gasteiger partial charge in [-0.05, 0) is 52.7 Å². The summed E-state index contributed by atoms with van der Waals surface area (Å²) in [4.78, 5) is 12.6. The maximum Gasteiger partial charge on any atom is 0.310 e. The zero-order valence-corrected chi connectivity index (χ0v) is 19.2. The molecule has 26 heavy (non-hydrogen) atoms. The minimum absolute atomic E-state index is 0.243. The smallest absolute Gasteiger partial charge is 0.310 e. The first kappa shape index (κ1) is 23.4. The molecular weight excluding hydrogens is 465 g/mol. The van der Waals surface area contributed by atoms with Gasteiger partial charge in [-0.2, -0.15) is 0 Å². The summed E-state index contributed by atoms with van der Waals surface area (Å²) in [5.74, 6) is -0.616. The van der Waals surface area contributed by atoms with Crippen molar-refractivity contribution in [3.05, 3.63) is 29.8 Å². The van der Waals surface area contributed by atoms with Gasteiger partial charge >= 0.3 is 5.97 Å². The Morgan fingerprint density at radius 1 is 1.23 bits per heavy atom. The van der Waals surface area contributed by atoms with Crippen molar-refractivity contribution in [2.75, 3.05) is 4.43 Å². The lowest BCUT2D eigenvalue weighted by atomic mass is 9.99. The zero-order valence-electron chi connectivity index (χ0n) is 16.2. The first-order valence-corrected chi connectivity index (χ1v) is 11.9. The number of aryl methyl sites for hydroxylation is 1. The molecule has 7 heteroatoms. The summed E-state index contributed by atoms with van der Waals surface area (Å²) in [6, 6.07) is 6.45. The molecule has 0 aliphatic heterocycles. The average molecular weight is 495 g/mol. The number of esters is 1. The van der Waals surface area contributed by atoms with E-state index in [-0.39, 0.29) is 22.8 Å². The van der Waals surface area contributed by atoms with E-state index in [1.54, 1.807) is 24.3 Å². The molecule has 2 atom stereocenters. The van der Waals surface area contributed by atoms with Gasteiger partial charge in [-0.25, -0.2) is 13.1 Å². The van der Waals surface area contributed by atoms with Crippen LogP contribution in [-0.4, -0.2) is 30.5 Å². The van der Waals surface area contributed by atoms with Gasteiger partial charge in [0.05, 0.1) is 10.8 Å². The van der Waals surface area contributed by atoms with Crippen molar-refractivity contribution in [3.63, 3.8) is 0 Å². The van der Waals surface area contributed by atoms with Crippen LogP contribution in [0.2, 0.25) is 0 Å². The monoisotopic (exact) mass is 495 g/mol. The summed E-state index contributed by atoms with van der Waals surface area (Å²) in [5, 5.41) is 0. The molecule has 0 saturated carbocycles. The highest BCUT2D eigenvalue weighted by atomic mass is 127. The van der Waals surface area contributed by atoms with Crippen LogP contribution in [0, 0.1) is 12.8 Å². The molecule has 0 amide bonds. The van der Waals surface area contributed by atoms with E-state index in [9.17, 15) is 13.2 Å². The molecule has 0 fully saturated rings. The van der Waals surface area contributed by atoms with E-state index in [0.29, 0.717) is 17.3 Å². The van der Waals surface area contributed by atoms with Crippen molar-refractivity contribution in [2.24, 2.45) is 5.92 Å². The molecule has 0 saturated heterocycles. The Morgan fingerprint density at radius 2 is 1.81 bits per heavy atom. The Hall–Kier alpha value is -0.670. The SMILES string of the molecule is CCC[C@H](C[C@@H](CI)C(=O)OC(C)(C)C)NS(=O)(=O)c1ccc(C)cc1. The molecule has 0 aliphatic carbocycles. The summed E-state index contributed by atoms with van der Waals surface area (Å²) < 4.78 is 34.2. The fourth-order valence-electron chi connectivity index (χ4n) is 2.53. The number of benzene rings is 1. The molecule has 148 valence electrons. The van der Waals surface area contributed by atoms with Crippen LogP contribution in [0.15, 0.2) is 29.2 Å². The lowest BCUT2D eigenvalue weighted by molar-refractivity contribution is -0.159. The number of alkyl halides is 1. The van der Waals surface area contributed by atoms with Crippen molar-refractivity contribution in [3.8, 4) is 0 Å². The Morgan fingerprint density at radius 3 is 2.27 bits per heavy atom. The van der Waals surface area contributed by atoms with Gasteiger partial charge in [-0.1, -0.05) is 53.6 Å². The predicted octanol–water partition coefficient (Wildman–Crippen LogP) is 4.23. The maximum atomic E-state index is 12.7. The highest BCUT2D eigenvalue weighted by molar-refractivity contribution is 14.1. The summed E-state index contributed by atoms with van der Waals surface area (Å²) in [5.41, 5.74) is 0.451. The first-order valence-electron chi connectivity index (χ1n) is 8.86. The van der Waals surface area contributed by atoms with Crippen molar-refractivity contribution in [1.82, 2.24) is 4.72 Å². The van der Waals surface area contributed by atoms with Crippen molar-refractivity contribution in [1.29, 1.82) is 0 Å². The third-order valence-electron chi connectivity index (χ3n) is 3.79. The van der Waals surface area contributed by atoms with Gasteiger partial charge in [0.2, 0.25) is 10.0 Å². The van der Waals surface area contributed by atoms with E-state index in [1.807, 2.05) is 34.6 Å². The minimum Gasteiger partial charge on any atom is -0.460 e. The van der Waals surface area contributed by atoms with Crippen LogP contribution < -0.4 is 4.72 Å². The Labute approximate surface area is 171 Å². The number of nitrogens with one attached hydrogen (secondary N) is 1. The molecule has 0 spiro atoms. The van der Waals surface area contributed by atoms with Crippen molar-refractivity contribution in [2.45, 2.75) is 70.4 Å². The van der Waals surface area contributed by atoms with E-state index >= 15 is 0 Å². The fourth-order valence-corrected chi connectivity index (χ4v) is 4.53. The Balaban J connectivity index is 2.90. The average Bonchev–Trinajstić information content (AvgIpc) is 2.51. The lowest BCUT2D eigenvalue weighted by Crippen LogP contribution is -2.39. The first-order chi connectivity index (χ1) is 12.0. The molecular formula is C19H30INO4S. The molecule has 0 aromatic heterocycles. The maximum absolute atomic E-state index is 12.7. The molecule has 5 nitrogen and oxygen atoms in total. The lowest BCUT2D eigenvalue weighted by Gasteiger charge is -2.26. The van der Waals surface area contributed by atoms with Gasteiger partial charge in [0.25, 0.3) is 0 Å². The van der Waals surface area contributed by atoms with E-state index in [0.717, 1.165) is 12.0 Å². The van der Waals surface area contributed by atoms with Gasteiger partial charge in [-0.3, -0.25) is 4.79 Å². The van der Waals surface area contributed by atoms with Crippen LogP contribution in [0.4, 0.5) is 0 Å². The van der Waals surface area contributed by atoms with Gasteiger partial charge in [0, 0.05) is 10.5 Å². The number of hydrogen-bond acceptors (Lipinski definition) is 4. The summed E-state index contributed by atoms with van der Waals surface area (Å²) in [6.07, 6.45) is 1.92. The van der Waals surface area contributed by atoms with E-state index < -0.39 is 15.6 Å². The minimum atomic E-state index is -3.62. The topological polar surface area (TPSA) is 72.5 Å². The number of rotatable bonds is 9. The number of carbonyl (C=O) groups excluding carboxylic acids is 1. The summed E-state index contributed by atoms with van der Waals surface area (Å²) in [6.45, 7) is 9.41. The Kier molecular flexibility index (Phi) is 9.02. The number of halogens is 1. The zero-order chi connectivity index (χ0) is 20.0. The Bertz CT molecular complexity index is 680. The van der Waals surface area contributed by atoms with Gasteiger partial charge in [0.15, 0.2) is 0 Å². The standard InChI is InChI=1S/C19H30INO4S/c1-6-7-16(12-15(13-20)18(22)25-19(3,4)5)21-26(23,24)17-10-8-14(2)9-11-17/h8-11,15-16,21H,6-7,12-13H2,1-5H3/t15-,16+/m0/s1.